The van der Waals surface area contributed by atoms with Gasteiger partial charge in [0.15, 0.2) is 10.8 Å². The van der Waals surface area contributed by atoms with Gasteiger partial charge in [0, 0.05) is 6.20 Å². The number of fused-ring (bicyclic) bond motifs is 1. The predicted molar refractivity (Wildman–Crippen MR) is 57.7 cm³/mol. The van der Waals surface area contributed by atoms with Crippen LogP contribution in [0.2, 0.25) is 5.15 Å². The first-order chi connectivity index (χ1) is 7.38. The Morgan fingerprint density at radius 3 is 2.75 bits per heavy atom. The van der Waals surface area contributed by atoms with Crippen LogP contribution in [-0.4, -0.2) is 15.6 Å². The quantitative estimate of drug-likeness (QED) is 0.781. The van der Waals surface area contributed by atoms with Crippen LogP contribution in [0.4, 0.5) is 13.2 Å². The lowest BCUT2D eigenvalue weighted by atomic mass is 10.3. The van der Waals surface area contributed by atoms with Crippen molar-refractivity contribution in [2.75, 3.05) is 0 Å². The van der Waals surface area contributed by atoms with Crippen molar-refractivity contribution in [1.82, 2.24) is 9.38 Å². The van der Waals surface area contributed by atoms with Crippen LogP contribution in [0, 0.1) is 0 Å². The molecule has 0 saturated carbocycles. The Kier molecular flexibility index (Phi) is 2.88. The lowest BCUT2D eigenvalue weighted by Crippen LogP contribution is -2.13. The SMILES string of the molecule is FC(F)(F)Cc1c(Cl)nc2c(Br)cccn12. The highest BCUT2D eigenvalue weighted by Gasteiger charge is 2.31. The third-order valence-corrected chi connectivity index (χ3v) is 2.94. The molecule has 0 fully saturated rings. The number of nitrogens with zero attached hydrogens (tertiary/aromatic N) is 2. The summed E-state index contributed by atoms with van der Waals surface area (Å²) in [5.41, 5.74) is 0.331. The molecule has 16 heavy (non-hydrogen) atoms. The molecule has 2 nitrogen and oxygen atoms in total. The van der Waals surface area contributed by atoms with Crippen molar-refractivity contribution in [3.63, 3.8) is 0 Å². The Hall–Kier alpha value is -0.750. The van der Waals surface area contributed by atoms with E-state index >= 15 is 0 Å². The molecule has 0 spiro atoms. The number of hydrogen-bond acceptors (Lipinski definition) is 1. The van der Waals surface area contributed by atoms with Crippen LogP contribution >= 0.6 is 27.5 Å². The zero-order valence-electron chi connectivity index (χ0n) is 7.72. The second-order valence-corrected chi connectivity index (χ2v) is 4.40. The van der Waals surface area contributed by atoms with E-state index in [2.05, 4.69) is 20.9 Å². The smallest absolute Gasteiger partial charge is 0.301 e. The van der Waals surface area contributed by atoms with Gasteiger partial charge in [0.05, 0.1) is 16.6 Å². The van der Waals surface area contributed by atoms with E-state index in [-0.39, 0.29) is 10.8 Å². The highest BCUT2D eigenvalue weighted by atomic mass is 79.9. The summed E-state index contributed by atoms with van der Waals surface area (Å²) in [6.45, 7) is 0. The molecule has 0 aliphatic heterocycles. The maximum Gasteiger partial charge on any atom is 0.394 e. The minimum Gasteiger partial charge on any atom is -0.301 e. The number of rotatable bonds is 1. The van der Waals surface area contributed by atoms with Crippen LogP contribution in [0.15, 0.2) is 22.8 Å². The number of aromatic nitrogens is 2. The van der Waals surface area contributed by atoms with E-state index in [4.69, 9.17) is 11.6 Å². The summed E-state index contributed by atoms with van der Waals surface area (Å²) in [5.74, 6) is 0. The Bertz CT molecular complexity index is 535. The molecule has 2 aromatic rings. The summed E-state index contributed by atoms with van der Waals surface area (Å²) in [4.78, 5) is 3.88. The maximum absolute atomic E-state index is 12.3. The van der Waals surface area contributed by atoms with Gasteiger partial charge in [-0.15, -0.1) is 0 Å². The monoisotopic (exact) mass is 312 g/mol. The fraction of sp³-hybridized carbons (Fsp3) is 0.222. The molecule has 2 rings (SSSR count). The van der Waals surface area contributed by atoms with Crippen LogP contribution in [-0.2, 0) is 6.42 Å². The van der Waals surface area contributed by atoms with Gasteiger partial charge >= 0.3 is 6.18 Å². The molecular weight excluding hydrogens is 308 g/mol. The standard InChI is InChI=1S/C9H5BrClF3N2/c10-5-2-1-3-16-6(4-9(12,13)14)7(11)15-8(5)16/h1-3H,4H2. The number of pyridine rings is 1. The number of halogens is 5. The van der Waals surface area contributed by atoms with Crippen molar-refractivity contribution in [2.45, 2.75) is 12.6 Å². The topological polar surface area (TPSA) is 17.3 Å². The zero-order valence-corrected chi connectivity index (χ0v) is 10.1. The van der Waals surface area contributed by atoms with E-state index in [0.29, 0.717) is 10.1 Å². The fourth-order valence-corrected chi connectivity index (χ4v) is 2.07. The maximum atomic E-state index is 12.3. The van der Waals surface area contributed by atoms with Gasteiger partial charge in [-0.25, -0.2) is 4.98 Å². The molecule has 0 radical (unpaired) electrons. The van der Waals surface area contributed by atoms with Crippen LogP contribution in [0.3, 0.4) is 0 Å². The van der Waals surface area contributed by atoms with E-state index in [9.17, 15) is 13.2 Å². The van der Waals surface area contributed by atoms with E-state index in [1.807, 2.05) is 0 Å². The lowest BCUT2D eigenvalue weighted by molar-refractivity contribution is -0.127. The van der Waals surface area contributed by atoms with Gasteiger partial charge in [-0.05, 0) is 28.1 Å². The average molecular weight is 314 g/mol. The van der Waals surface area contributed by atoms with Crippen molar-refractivity contribution in [2.24, 2.45) is 0 Å². The van der Waals surface area contributed by atoms with Crippen molar-refractivity contribution in [3.05, 3.63) is 33.6 Å². The molecule has 0 atom stereocenters. The van der Waals surface area contributed by atoms with Crippen molar-refractivity contribution in [3.8, 4) is 0 Å². The average Bonchev–Trinajstić information content (AvgIpc) is 2.44. The van der Waals surface area contributed by atoms with Gasteiger partial charge in [-0.1, -0.05) is 11.6 Å². The van der Waals surface area contributed by atoms with Crippen LogP contribution < -0.4 is 0 Å². The zero-order chi connectivity index (χ0) is 11.9. The summed E-state index contributed by atoms with van der Waals surface area (Å²) in [5, 5.41) is -0.121. The molecule has 0 N–H and O–H groups in total. The molecule has 0 aliphatic carbocycles. The van der Waals surface area contributed by atoms with E-state index in [1.165, 1.54) is 10.6 Å². The molecule has 0 saturated heterocycles. The summed E-state index contributed by atoms with van der Waals surface area (Å²) >= 11 is 8.89. The van der Waals surface area contributed by atoms with Gasteiger partial charge in [0.1, 0.15) is 0 Å². The molecule has 0 amide bonds. The number of alkyl halides is 3. The first-order valence-electron chi connectivity index (χ1n) is 4.26. The van der Waals surface area contributed by atoms with Gasteiger partial charge in [-0.2, -0.15) is 13.2 Å². The Morgan fingerprint density at radius 2 is 2.12 bits per heavy atom. The second-order valence-electron chi connectivity index (χ2n) is 3.19. The van der Waals surface area contributed by atoms with Crippen molar-refractivity contribution >= 4 is 33.2 Å². The number of hydrogen-bond donors (Lipinski definition) is 0. The molecule has 0 bridgehead atoms. The Labute approximate surface area is 102 Å². The predicted octanol–water partition coefficient (Wildman–Crippen LogP) is 3.86. The molecular formula is C9H5BrClF3N2. The van der Waals surface area contributed by atoms with Crippen molar-refractivity contribution in [1.29, 1.82) is 0 Å². The normalized spacial score (nSPS) is 12.3. The van der Waals surface area contributed by atoms with Crippen molar-refractivity contribution < 1.29 is 13.2 Å². The number of imidazole rings is 1. The van der Waals surface area contributed by atoms with E-state index in [0.717, 1.165) is 0 Å². The summed E-state index contributed by atoms with van der Waals surface area (Å²) in [6, 6.07) is 3.31. The third kappa shape index (κ3) is 2.17. The lowest BCUT2D eigenvalue weighted by Gasteiger charge is -2.06. The molecule has 0 unspecified atom stereocenters. The van der Waals surface area contributed by atoms with Crippen LogP contribution in [0.25, 0.3) is 5.65 Å². The van der Waals surface area contributed by atoms with E-state index in [1.54, 1.807) is 12.1 Å². The van der Waals surface area contributed by atoms with E-state index < -0.39 is 12.6 Å². The second kappa shape index (κ2) is 3.92. The van der Waals surface area contributed by atoms with Crippen LogP contribution in [0.1, 0.15) is 5.69 Å². The third-order valence-electron chi connectivity index (χ3n) is 2.02. The Balaban J connectivity index is 2.61. The first kappa shape index (κ1) is 11.7. The minimum atomic E-state index is -4.30. The molecule has 7 heteroatoms. The van der Waals surface area contributed by atoms with Gasteiger partial charge in [0.25, 0.3) is 0 Å². The summed E-state index contributed by atoms with van der Waals surface area (Å²) in [7, 11) is 0. The summed E-state index contributed by atoms with van der Waals surface area (Å²) < 4.78 is 38.9. The largest absolute Gasteiger partial charge is 0.394 e. The van der Waals surface area contributed by atoms with Gasteiger partial charge < -0.3 is 4.40 Å². The summed E-state index contributed by atoms with van der Waals surface area (Å²) in [6.07, 6.45) is -3.90. The molecule has 2 aromatic heterocycles. The van der Waals surface area contributed by atoms with Crippen LogP contribution in [0.5, 0.6) is 0 Å². The highest BCUT2D eigenvalue weighted by molar-refractivity contribution is 9.10. The molecule has 0 aliphatic rings. The minimum absolute atomic E-state index is 0.0505. The fourth-order valence-electron chi connectivity index (χ4n) is 1.40. The first-order valence-corrected chi connectivity index (χ1v) is 5.43. The highest BCUT2D eigenvalue weighted by Crippen LogP contribution is 2.28. The van der Waals surface area contributed by atoms with Gasteiger partial charge in [0.2, 0.25) is 0 Å². The molecule has 2 heterocycles. The molecule has 0 aromatic carbocycles. The van der Waals surface area contributed by atoms with Gasteiger partial charge in [-0.3, -0.25) is 0 Å². The molecule has 86 valence electrons. The Morgan fingerprint density at radius 1 is 1.44 bits per heavy atom.